The second-order valence-corrected chi connectivity index (χ2v) is 8.07. The summed E-state index contributed by atoms with van der Waals surface area (Å²) >= 11 is 9.47. The first kappa shape index (κ1) is 21.3. The SMILES string of the molecule is CCCN(C(=O)Nc1ccccc1Br)C(C)c1nc2ccc(Cl)cc2c(=O)n1C. The van der Waals surface area contributed by atoms with Gasteiger partial charge in [-0.3, -0.25) is 9.36 Å². The Balaban J connectivity index is 1.99. The van der Waals surface area contributed by atoms with Crippen LogP contribution in [0.25, 0.3) is 10.9 Å². The van der Waals surface area contributed by atoms with Crippen molar-refractivity contribution in [2.75, 3.05) is 11.9 Å². The highest BCUT2D eigenvalue weighted by atomic mass is 79.9. The number of fused-ring (bicyclic) bond motifs is 1. The fourth-order valence-corrected chi connectivity index (χ4v) is 3.79. The van der Waals surface area contributed by atoms with Gasteiger partial charge >= 0.3 is 6.03 Å². The number of hydrogen-bond acceptors (Lipinski definition) is 3. The van der Waals surface area contributed by atoms with Crippen LogP contribution in [-0.2, 0) is 7.05 Å². The average molecular weight is 478 g/mol. The second kappa shape index (κ2) is 8.97. The van der Waals surface area contributed by atoms with E-state index < -0.39 is 6.04 Å². The summed E-state index contributed by atoms with van der Waals surface area (Å²) in [5.41, 5.74) is 1.05. The smallest absolute Gasteiger partial charge is 0.315 e. The van der Waals surface area contributed by atoms with E-state index in [-0.39, 0.29) is 11.6 Å². The third-order valence-corrected chi connectivity index (χ3v) is 5.68. The van der Waals surface area contributed by atoms with Gasteiger partial charge in [0.15, 0.2) is 0 Å². The van der Waals surface area contributed by atoms with E-state index in [1.54, 1.807) is 30.1 Å². The number of amides is 2. The molecule has 152 valence electrons. The third-order valence-electron chi connectivity index (χ3n) is 4.75. The van der Waals surface area contributed by atoms with Gasteiger partial charge in [-0.1, -0.05) is 30.7 Å². The van der Waals surface area contributed by atoms with Crippen LogP contribution < -0.4 is 10.9 Å². The predicted molar refractivity (Wildman–Crippen MR) is 121 cm³/mol. The average Bonchev–Trinajstić information content (AvgIpc) is 2.70. The van der Waals surface area contributed by atoms with E-state index in [0.717, 1.165) is 10.9 Å². The van der Waals surface area contributed by atoms with Crippen LogP contribution in [0.3, 0.4) is 0 Å². The van der Waals surface area contributed by atoms with Gasteiger partial charge in [-0.05, 0) is 59.6 Å². The van der Waals surface area contributed by atoms with Crippen molar-refractivity contribution in [2.45, 2.75) is 26.3 Å². The normalized spacial score (nSPS) is 12.0. The summed E-state index contributed by atoms with van der Waals surface area (Å²) in [6.07, 6.45) is 0.769. The molecule has 3 rings (SSSR count). The lowest BCUT2D eigenvalue weighted by molar-refractivity contribution is 0.188. The van der Waals surface area contributed by atoms with E-state index in [4.69, 9.17) is 11.6 Å². The van der Waals surface area contributed by atoms with Crippen LogP contribution >= 0.6 is 27.5 Å². The molecule has 1 heterocycles. The van der Waals surface area contributed by atoms with Gasteiger partial charge in [0.05, 0.1) is 22.6 Å². The number of nitrogens with one attached hydrogen (secondary N) is 1. The highest BCUT2D eigenvalue weighted by Gasteiger charge is 2.25. The van der Waals surface area contributed by atoms with E-state index in [0.29, 0.717) is 34.0 Å². The Bertz CT molecular complexity index is 1120. The molecule has 1 atom stereocenters. The fraction of sp³-hybridized carbons (Fsp3) is 0.286. The van der Waals surface area contributed by atoms with Crippen molar-refractivity contribution < 1.29 is 4.79 Å². The van der Waals surface area contributed by atoms with E-state index in [9.17, 15) is 9.59 Å². The minimum atomic E-state index is -0.407. The first-order valence-electron chi connectivity index (χ1n) is 9.31. The molecule has 6 nitrogen and oxygen atoms in total. The monoisotopic (exact) mass is 476 g/mol. The molecule has 3 aromatic rings. The standard InChI is InChI=1S/C21H22BrClN4O2/c1-4-11-27(21(29)25-18-8-6-5-7-16(18)22)13(2)19-24-17-10-9-14(23)12-15(17)20(28)26(19)3/h5-10,12-13H,4,11H2,1-3H3,(H,25,29). The van der Waals surface area contributed by atoms with Crippen LogP contribution in [0.5, 0.6) is 0 Å². The predicted octanol–water partition coefficient (Wildman–Crippen LogP) is 5.35. The lowest BCUT2D eigenvalue weighted by Crippen LogP contribution is -2.40. The van der Waals surface area contributed by atoms with E-state index in [1.165, 1.54) is 4.57 Å². The summed E-state index contributed by atoms with van der Waals surface area (Å²) in [4.78, 5) is 32.2. The molecule has 2 amide bonds. The second-order valence-electron chi connectivity index (χ2n) is 6.78. The Morgan fingerprint density at radius 2 is 2.03 bits per heavy atom. The van der Waals surface area contributed by atoms with Gasteiger partial charge in [-0.25, -0.2) is 9.78 Å². The molecule has 0 spiro atoms. The number of urea groups is 1. The molecule has 0 aliphatic rings. The number of benzene rings is 2. The highest BCUT2D eigenvalue weighted by molar-refractivity contribution is 9.10. The van der Waals surface area contributed by atoms with Crippen LogP contribution in [-0.4, -0.2) is 27.0 Å². The molecular formula is C21H22BrClN4O2. The molecule has 0 aliphatic carbocycles. The molecule has 2 aromatic carbocycles. The van der Waals surface area contributed by atoms with Gasteiger partial charge in [0.2, 0.25) is 0 Å². The highest BCUT2D eigenvalue weighted by Crippen LogP contribution is 2.25. The molecule has 1 unspecified atom stereocenters. The molecule has 0 fully saturated rings. The Morgan fingerprint density at radius 3 is 2.72 bits per heavy atom. The summed E-state index contributed by atoms with van der Waals surface area (Å²) in [6.45, 7) is 4.39. The number of nitrogens with zero attached hydrogens (tertiary/aromatic N) is 3. The molecule has 8 heteroatoms. The van der Waals surface area contributed by atoms with Crippen molar-refractivity contribution in [2.24, 2.45) is 7.05 Å². The topological polar surface area (TPSA) is 67.2 Å². The molecule has 0 radical (unpaired) electrons. The van der Waals surface area contributed by atoms with Crippen LogP contribution in [0.15, 0.2) is 51.7 Å². The number of rotatable bonds is 5. The molecule has 1 N–H and O–H groups in total. The largest absolute Gasteiger partial charge is 0.322 e. The summed E-state index contributed by atoms with van der Waals surface area (Å²) in [5, 5.41) is 3.87. The molecule has 0 saturated carbocycles. The number of carbonyl (C=O) groups excluding carboxylic acids is 1. The Hall–Kier alpha value is -2.38. The maximum atomic E-state index is 13.0. The third kappa shape index (κ3) is 4.46. The minimum absolute atomic E-state index is 0.193. The molecule has 1 aromatic heterocycles. The summed E-state index contributed by atoms with van der Waals surface area (Å²) < 4.78 is 2.28. The zero-order valence-corrected chi connectivity index (χ0v) is 18.8. The Morgan fingerprint density at radius 1 is 1.31 bits per heavy atom. The van der Waals surface area contributed by atoms with Crippen LogP contribution in [0.4, 0.5) is 10.5 Å². The quantitative estimate of drug-likeness (QED) is 0.538. The maximum absolute atomic E-state index is 13.0. The first-order chi connectivity index (χ1) is 13.8. The molecule has 0 saturated heterocycles. The number of aromatic nitrogens is 2. The number of hydrogen-bond donors (Lipinski definition) is 1. The van der Waals surface area contributed by atoms with Crippen LogP contribution in [0.2, 0.25) is 5.02 Å². The van der Waals surface area contributed by atoms with Crippen molar-refractivity contribution >= 4 is 50.2 Å². The Labute approximate surface area is 182 Å². The van der Waals surface area contributed by atoms with Crippen LogP contribution in [0.1, 0.15) is 32.1 Å². The molecule has 29 heavy (non-hydrogen) atoms. The molecule has 0 bridgehead atoms. The zero-order valence-electron chi connectivity index (χ0n) is 16.4. The summed E-state index contributed by atoms with van der Waals surface area (Å²) in [6, 6.07) is 11.8. The van der Waals surface area contributed by atoms with Crippen molar-refractivity contribution in [3.05, 3.63) is 68.1 Å². The van der Waals surface area contributed by atoms with Gasteiger partial charge in [0.25, 0.3) is 5.56 Å². The number of carbonyl (C=O) groups is 1. The minimum Gasteiger partial charge on any atom is -0.315 e. The van der Waals surface area contributed by atoms with E-state index in [1.807, 2.05) is 38.1 Å². The summed E-state index contributed by atoms with van der Waals surface area (Å²) in [5.74, 6) is 0.514. The van der Waals surface area contributed by atoms with Crippen molar-refractivity contribution in [3.63, 3.8) is 0 Å². The van der Waals surface area contributed by atoms with Crippen LogP contribution in [0, 0.1) is 0 Å². The molecule has 0 aliphatic heterocycles. The molecular weight excluding hydrogens is 456 g/mol. The van der Waals surface area contributed by atoms with Gasteiger partial charge in [0, 0.05) is 23.1 Å². The zero-order chi connectivity index (χ0) is 21.1. The van der Waals surface area contributed by atoms with Gasteiger partial charge < -0.3 is 10.2 Å². The van der Waals surface area contributed by atoms with Crippen molar-refractivity contribution in [3.8, 4) is 0 Å². The summed E-state index contributed by atoms with van der Waals surface area (Å²) in [7, 11) is 1.66. The maximum Gasteiger partial charge on any atom is 0.322 e. The first-order valence-corrected chi connectivity index (χ1v) is 10.5. The van der Waals surface area contributed by atoms with Gasteiger partial charge in [-0.15, -0.1) is 0 Å². The lowest BCUT2D eigenvalue weighted by atomic mass is 10.2. The lowest BCUT2D eigenvalue weighted by Gasteiger charge is -2.30. The number of anilines is 1. The fourth-order valence-electron chi connectivity index (χ4n) is 3.23. The van der Waals surface area contributed by atoms with Crippen molar-refractivity contribution in [1.29, 1.82) is 0 Å². The Kier molecular flexibility index (Phi) is 6.59. The van der Waals surface area contributed by atoms with Gasteiger partial charge in [-0.2, -0.15) is 0 Å². The van der Waals surface area contributed by atoms with Crippen molar-refractivity contribution in [1.82, 2.24) is 14.5 Å². The van der Waals surface area contributed by atoms with E-state index in [2.05, 4.69) is 26.2 Å². The van der Waals surface area contributed by atoms with Gasteiger partial charge in [0.1, 0.15) is 5.82 Å². The van der Waals surface area contributed by atoms with E-state index >= 15 is 0 Å². The number of para-hydroxylation sites is 1. The number of halogens is 2.